The maximum absolute atomic E-state index is 12.3. The van der Waals surface area contributed by atoms with Crippen LogP contribution in [0.3, 0.4) is 0 Å². The van der Waals surface area contributed by atoms with Crippen molar-refractivity contribution in [3.05, 3.63) is 23.4 Å². The van der Waals surface area contributed by atoms with Gasteiger partial charge in [0, 0.05) is 12.6 Å². The van der Waals surface area contributed by atoms with Gasteiger partial charge in [-0.2, -0.15) is 0 Å². The van der Waals surface area contributed by atoms with Crippen molar-refractivity contribution in [1.29, 1.82) is 0 Å². The van der Waals surface area contributed by atoms with Crippen LogP contribution in [0.2, 0.25) is 0 Å². The van der Waals surface area contributed by atoms with E-state index in [1.165, 1.54) is 19.9 Å². The minimum atomic E-state index is -1.01. The van der Waals surface area contributed by atoms with E-state index in [1.807, 2.05) is 6.92 Å². The number of pyridine rings is 1. The van der Waals surface area contributed by atoms with Gasteiger partial charge in [-0.25, -0.2) is 4.98 Å². The number of aryl methyl sites for hydroxylation is 1. The lowest BCUT2D eigenvalue weighted by Gasteiger charge is -2.24. The number of carbonyl (C=O) groups is 2. The summed E-state index contributed by atoms with van der Waals surface area (Å²) in [6.45, 7) is 5.82. The first-order valence-corrected chi connectivity index (χ1v) is 7.48. The minimum absolute atomic E-state index is 0.244. The summed E-state index contributed by atoms with van der Waals surface area (Å²) in [7, 11) is 1.53. The van der Waals surface area contributed by atoms with Crippen LogP contribution in [0.15, 0.2) is 12.1 Å². The number of nitrogens with zero attached hydrogens (tertiary/aromatic N) is 1. The monoisotopic (exact) mass is 305 g/mol. The normalized spacial score (nSPS) is 14.4. The van der Waals surface area contributed by atoms with Crippen molar-refractivity contribution in [2.45, 2.75) is 39.2 Å². The number of likely N-dealkylation sites (N-methyl/N-ethyl adjacent to an activating group) is 1. The first-order valence-electron chi connectivity index (χ1n) is 7.48. The molecule has 1 fully saturated rings. The zero-order chi connectivity index (χ0) is 16.3. The second kappa shape index (κ2) is 6.34. The highest BCUT2D eigenvalue weighted by molar-refractivity contribution is 5.97. The summed E-state index contributed by atoms with van der Waals surface area (Å²) in [6.07, 6.45) is 2.39. The van der Waals surface area contributed by atoms with E-state index in [0.29, 0.717) is 18.4 Å². The van der Waals surface area contributed by atoms with Crippen molar-refractivity contribution < 1.29 is 14.3 Å². The Morgan fingerprint density at radius 1 is 1.36 bits per heavy atom. The Morgan fingerprint density at radius 3 is 2.64 bits per heavy atom. The quantitative estimate of drug-likeness (QED) is 0.833. The van der Waals surface area contributed by atoms with Crippen molar-refractivity contribution in [2.24, 2.45) is 5.92 Å². The molecule has 0 bridgehead atoms. The van der Waals surface area contributed by atoms with E-state index >= 15 is 0 Å². The van der Waals surface area contributed by atoms with Gasteiger partial charge in [-0.15, -0.1) is 0 Å². The molecule has 22 heavy (non-hydrogen) atoms. The lowest BCUT2D eigenvalue weighted by atomic mass is 10.0. The molecule has 0 aromatic carbocycles. The smallest absolute Gasteiger partial charge is 0.270 e. The lowest BCUT2D eigenvalue weighted by molar-refractivity contribution is -0.125. The van der Waals surface area contributed by atoms with Crippen LogP contribution in [0.4, 0.5) is 0 Å². The molecule has 1 aromatic rings. The number of hydrogen-bond acceptors (Lipinski definition) is 4. The summed E-state index contributed by atoms with van der Waals surface area (Å²) in [5.74, 6) is 0.436. The van der Waals surface area contributed by atoms with Gasteiger partial charge in [-0.1, -0.05) is 6.07 Å². The number of carbonyl (C=O) groups excluding carboxylic acids is 2. The van der Waals surface area contributed by atoms with Gasteiger partial charge in [-0.05, 0) is 45.6 Å². The second-order valence-electron chi connectivity index (χ2n) is 6.23. The molecular formula is C16H23N3O3. The van der Waals surface area contributed by atoms with Crippen LogP contribution in [0.25, 0.3) is 0 Å². The fourth-order valence-electron chi connectivity index (χ4n) is 1.98. The molecule has 1 aliphatic rings. The molecule has 0 spiro atoms. The van der Waals surface area contributed by atoms with Crippen LogP contribution in [0.1, 0.15) is 42.7 Å². The van der Waals surface area contributed by atoms with E-state index in [0.717, 1.165) is 5.56 Å². The van der Waals surface area contributed by atoms with Gasteiger partial charge < -0.3 is 15.4 Å². The van der Waals surface area contributed by atoms with Gasteiger partial charge >= 0.3 is 0 Å². The predicted octanol–water partition coefficient (Wildman–Crippen LogP) is 1.43. The molecule has 0 aliphatic heterocycles. The first kappa shape index (κ1) is 16.3. The Labute approximate surface area is 130 Å². The number of ether oxygens (including phenoxy) is 1. The van der Waals surface area contributed by atoms with Crippen LogP contribution >= 0.6 is 0 Å². The highest BCUT2D eigenvalue weighted by Crippen LogP contribution is 2.29. The Morgan fingerprint density at radius 2 is 2.05 bits per heavy atom. The Bertz CT molecular complexity index is 580. The summed E-state index contributed by atoms with van der Waals surface area (Å²) in [6, 6.07) is 3.44. The Hall–Kier alpha value is -2.11. The van der Waals surface area contributed by atoms with E-state index in [4.69, 9.17) is 4.74 Å². The van der Waals surface area contributed by atoms with E-state index < -0.39 is 11.4 Å². The first-order chi connectivity index (χ1) is 10.3. The zero-order valence-corrected chi connectivity index (χ0v) is 13.5. The van der Waals surface area contributed by atoms with Gasteiger partial charge in [0.25, 0.3) is 5.91 Å². The largest absolute Gasteiger partial charge is 0.477 e. The molecule has 1 aromatic heterocycles. The van der Waals surface area contributed by atoms with Crippen LogP contribution in [0, 0.1) is 12.8 Å². The average Bonchev–Trinajstić information content (AvgIpc) is 3.29. The number of amides is 2. The average molecular weight is 305 g/mol. The van der Waals surface area contributed by atoms with Gasteiger partial charge in [0.05, 0.1) is 6.61 Å². The van der Waals surface area contributed by atoms with Gasteiger partial charge in [0.15, 0.2) is 0 Å². The van der Waals surface area contributed by atoms with Crippen molar-refractivity contribution in [3.63, 3.8) is 0 Å². The Kier molecular flexibility index (Phi) is 4.68. The number of aromatic nitrogens is 1. The van der Waals surface area contributed by atoms with E-state index in [1.54, 1.807) is 26.0 Å². The molecule has 120 valence electrons. The summed E-state index contributed by atoms with van der Waals surface area (Å²) in [4.78, 5) is 28.3. The second-order valence-corrected chi connectivity index (χ2v) is 6.23. The maximum Gasteiger partial charge on any atom is 0.270 e. The summed E-state index contributed by atoms with van der Waals surface area (Å²) in [5.41, 5.74) is 0.129. The van der Waals surface area contributed by atoms with Gasteiger partial charge in [0.2, 0.25) is 11.8 Å². The van der Waals surface area contributed by atoms with Gasteiger partial charge in [-0.3, -0.25) is 9.59 Å². The summed E-state index contributed by atoms with van der Waals surface area (Å²) >= 11 is 0. The fourth-order valence-corrected chi connectivity index (χ4v) is 1.98. The van der Waals surface area contributed by atoms with E-state index in [9.17, 15) is 9.59 Å². The van der Waals surface area contributed by atoms with Crippen LogP contribution in [-0.4, -0.2) is 36.0 Å². The topological polar surface area (TPSA) is 80.3 Å². The summed E-state index contributed by atoms with van der Waals surface area (Å²) < 4.78 is 5.68. The zero-order valence-electron chi connectivity index (χ0n) is 13.5. The van der Waals surface area contributed by atoms with Crippen molar-refractivity contribution >= 4 is 11.8 Å². The molecule has 0 radical (unpaired) electrons. The van der Waals surface area contributed by atoms with E-state index in [2.05, 4.69) is 15.6 Å². The maximum atomic E-state index is 12.3. The number of hydrogen-bond donors (Lipinski definition) is 2. The van der Waals surface area contributed by atoms with Crippen molar-refractivity contribution in [3.8, 4) is 5.88 Å². The fraction of sp³-hybridized carbons (Fsp3) is 0.562. The number of nitrogens with one attached hydrogen (secondary N) is 2. The van der Waals surface area contributed by atoms with Crippen LogP contribution in [0.5, 0.6) is 5.88 Å². The Balaban J connectivity index is 2.08. The molecule has 2 rings (SSSR count). The predicted molar refractivity (Wildman–Crippen MR) is 82.8 cm³/mol. The molecule has 1 saturated carbocycles. The molecule has 0 saturated heterocycles. The molecule has 2 N–H and O–H groups in total. The molecule has 1 aliphatic carbocycles. The third kappa shape index (κ3) is 3.96. The highest BCUT2D eigenvalue weighted by Gasteiger charge is 2.29. The molecule has 0 unspecified atom stereocenters. The third-order valence-corrected chi connectivity index (χ3v) is 3.66. The van der Waals surface area contributed by atoms with Crippen LogP contribution < -0.4 is 15.4 Å². The third-order valence-electron chi connectivity index (χ3n) is 3.66. The number of rotatable bonds is 6. The lowest BCUT2D eigenvalue weighted by Crippen LogP contribution is -2.54. The highest BCUT2D eigenvalue weighted by atomic mass is 16.5. The van der Waals surface area contributed by atoms with Crippen molar-refractivity contribution in [2.75, 3.05) is 13.7 Å². The standard InChI is InChI=1S/C16H23N3O3/c1-10-5-8-12(18-14(10)22-9-11-6-7-11)13(20)19-16(2,3)15(21)17-4/h5,8,11H,6-7,9H2,1-4H3,(H,17,21)(H,19,20). The van der Waals surface area contributed by atoms with Crippen molar-refractivity contribution in [1.82, 2.24) is 15.6 Å². The van der Waals surface area contributed by atoms with Crippen LogP contribution in [-0.2, 0) is 4.79 Å². The molecule has 2 amide bonds. The SMILES string of the molecule is CNC(=O)C(C)(C)NC(=O)c1ccc(C)c(OCC2CC2)n1. The van der Waals surface area contributed by atoms with Gasteiger partial charge in [0.1, 0.15) is 11.2 Å². The summed E-state index contributed by atoms with van der Waals surface area (Å²) in [5, 5.41) is 5.20. The van der Waals surface area contributed by atoms with E-state index in [-0.39, 0.29) is 11.6 Å². The molecule has 6 heteroatoms. The molecule has 0 atom stereocenters. The minimum Gasteiger partial charge on any atom is -0.477 e. The molecule has 6 nitrogen and oxygen atoms in total. The molecular weight excluding hydrogens is 282 g/mol. The molecule has 1 heterocycles.